The van der Waals surface area contributed by atoms with Crippen LogP contribution in [0.25, 0.3) is 0 Å². The molecule has 1 aromatic rings. The van der Waals surface area contributed by atoms with E-state index in [1.165, 1.54) is 19.1 Å². The largest absolute Gasteiger partial charge is 0.265 e. The van der Waals surface area contributed by atoms with Crippen molar-refractivity contribution < 1.29 is 13.2 Å². The molecule has 0 aliphatic carbocycles. The molecule has 0 amide bonds. The van der Waals surface area contributed by atoms with Crippen molar-refractivity contribution in [2.24, 2.45) is 0 Å². The van der Waals surface area contributed by atoms with Gasteiger partial charge in [0.15, 0.2) is 0 Å². The lowest BCUT2D eigenvalue weighted by Crippen LogP contribution is -1.96. The lowest BCUT2D eigenvalue weighted by atomic mass is 10.2. The number of rotatable bonds is 2. The van der Waals surface area contributed by atoms with Gasteiger partial charge in [-0.1, -0.05) is 0 Å². The van der Waals surface area contributed by atoms with Gasteiger partial charge in [0.1, 0.15) is 6.67 Å². The van der Waals surface area contributed by atoms with Crippen molar-refractivity contribution in [3.05, 3.63) is 29.1 Å². The highest BCUT2D eigenvalue weighted by Crippen LogP contribution is 2.21. The lowest BCUT2D eigenvalue weighted by molar-refractivity contribution is 0.150. The second-order valence-corrected chi connectivity index (χ2v) is 2.41. The monoisotopic (exact) mass is 175 g/mol. The Labute approximate surface area is 68.2 Å². The van der Waals surface area contributed by atoms with Crippen molar-refractivity contribution in [3.8, 4) is 0 Å². The number of pyridine rings is 1. The molecule has 66 valence electrons. The third-order valence-electron chi connectivity index (χ3n) is 1.56. The van der Waals surface area contributed by atoms with E-state index < -0.39 is 13.1 Å². The smallest absolute Gasteiger partial charge is 0.255 e. The van der Waals surface area contributed by atoms with Crippen LogP contribution in [-0.2, 0) is 6.67 Å². The summed E-state index contributed by atoms with van der Waals surface area (Å²) in [5.41, 5.74) is 0.254. The second-order valence-electron chi connectivity index (χ2n) is 2.41. The van der Waals surface area contributed by atoms with E-state index in [0.717, 1.165) is 0 Å². The molecule has 0 spiro atoms. The molecule has 0 bridgehead atoms. The normalized spacial score (nSPS) is 10.8. The first kappa shape index (κ1) is 9.03. The maximum atomic E-state index is 12.1. The van der Waals surface area contributed by atoms with Crippen LogP contribution < -0.4 is 0 Å². The summed E-state index contributed by atoms with van der Waals surface area (Å²) >= 11 is 0. The van der Waals surface area contributed by atoms with E-state index in [2.05, 4.69) is 4.98 Å². The van der Waals surface area contributed by atoms with Gasteiger partial charge in [-0.2, -0.15) is 0 Å². The van der Waals surface area contributed by atoms with E-state index in [1.54, 1.807) is 0 Å². The minimum Gasteiger partial charge on any atom is -0.255 e. The molecule has 0 N–H and O–H groups in total. The van der Waals surface area contributed by atoms with E-state index in [0.29, 0.717) is 0 Å². The molecule has 0 unspecified atom stereocenters. The second kappa shape index (κ2) is 3.56. The van der Waals surface area contributed by atoms with Crippen molar-refractivity contribution in [3.63, 3.8) is 0 Å². The van der Waals surface area contributed by atoms with Gasteiger partial charge in [0, 0.05) is 11.3 Å². The molecular weight excluding hydrogens is 167 g/mol. The molecule has 0 fully saturated rings. The van der Waals surface area contributed by atoms with Crippen LogP contribution in [0.1, 0.15) is 23.4 Å². The summed E-state index contributed by atoms with van der Waals surface area (Å²) in [5.74, 6) is 0. The highest BCUT2D eigenvalue weighted by Gasteiger charge is 2.11. The fraction of sp³-hybridized carbons (Fsp3) is 0.375. The quantitative estimate of drug-likeness (QED) is 0.673. The molecule has 1 nitrogen and oxygen atoms in total. The van der Waals surface area contributed by atoms with Crippen molar-refractivity contribution in [2.45, 2.75) is 20.0 Å². The van der Waals surface area contributed by atoms with Crippen LogP contribution in [0.3, 0.4) is 0 Å². The third-order valence-corrected chi connectivity index (χ3v) is 1.56. The SMILES string of the molecule is Cc1nc(CF)ccc1C(F)F. The molecule has 0 radical (unpaired) electrons. The Morgan fingerprint density at radius 3 is 2.50 bits per heavy atom. The van der Waals surface area contributed by atoms with Gasteiger partial charge in [-0.25, -0.2) is 13.2 Å². The molecule has 1 aromatic heterocycles. The standard InChI is InChI=1S/C8H8F3N/c1-5-7(8(10)11)3-2-6(4-9)12-5/h2-3,8H,4H2,1H3. The summed E-state index contributed by atoms with van der Waals surface area (Å²) in [6.45, 7) is 0.727. The minimum atomic E-state index is -2.54. The molecular formula is C8H8F3N. The van der Waals surface area contributed by atoms with E-state index in [1.807, 2.05) is 0 Å². The molecule has 0 saturated heterocycles. The lowest BCUT2D eigenvalue weighted by Gasteiger charge is -2.03. The number of halogens is 3. The van der Waals surface area contributed by atoms with E-state index >= 15 is 0 Å². The fourth-order valence-electron chi connectivity index (χ4n) is 0.929. The zero-order valence-electron chi connectivity index (χ0n) is 6.52. The van der Waals surface area contributed by atoms with Crippen LogP contribution in [-0.4, -0.2) is 4.98 Å². The summed E-state index contributed by atoms with van der Waals surface area (Å²) in [7, 11) is 0. The van der Waals surface area contributed by atoms with Crippen molar-refractivity contribution in [2.75, 3.05) is 0 Å². The van der Waals surface area contributed by atoms with Crippen LogP contribution in [0.5, 0.6) is 0 Å². The van der Waals surface area contributed by atoms with Crippen molar-refractivity contribution in [1.29, 1.82) is 0 Å². The maximum absolute atomic E-state index is 12.1. The maximum Gasteiger partial charge on any atom is 0.265 e. The van der Waals surface area contributed by atoms with Gasteiger partial charge in [-0.15, -0.1) is 0 Å². The van der Waals surface area contributed by atoms with Crippen LogP contribution >= 0.6 is 0 Å². The molecule has 0 aromatic carbocycles. The highest BCUT2D eigenvalue weighted by molar-refractivity contribution is 5.22. The summed E-state index contributed by atoms with van der Waals surface area (Å²) in [6, 6.07) is 2.48. The van der Waals surface area contributed by atoms with Crippen LogP contribution in [0.4, 0.5) is 13.2 Å². The first-order valence-electron chi connectivity index (χ1n) is 3.45. The number of alkyl halides is 3. The van der Waals surface area contributed by atoms with Gasteiger partial charge in [0.25, 0.3) is 6.43 Å². The average Bonchev–Trinajstić information content (AvgIpc) is 2.03. The zero-order chi connectivity index (χ0) is 9.14. The third kappa shape index (κ3) is 1.75. The average molecular weight is 175 g/mol. The first-order chi connectivity index (χ1) is 5.65. The van der Waals surface area contributed by atoms with E-state index in [-0.39, 0.29) is 17.0 Å². The van der Waals surface area contributed by atoms with E-state index in [4.69, 9.17) is 0 Å². The Bertz CT molecular complexity index is 273. The topological polar surface area (TPSA) is 12.9 Å². The Morgan fingerprint density at radius 2 is 2.08 bits per heavy atom. The Hall–Kier alpha value is -1.06. The molecule has 4 heteroatoms. The molecule has 0 aliphatic heterocycles. The number of aromatic nitrogens is 1. The zero-order valence-corrected chi connectivity index (χ0v) is 6.52. The number of nitrogens with zero attached hydrogens (tertiary/aromatic N) is 1. The van der Waals surface area contributed by atoms with Crippen LogP contribution in [0.15, 0.2) is 12.1 Å². The van der Waals surface area contributed by atoms with Gasteiger partial charge in [-0.05, 0) is 19.1 Å². The van der Waals surface area contributed by atoms with Gasteiger partial charge in [0.05, 0.1) is 5.69 Å². The molecule has 1 rings (SSSR count). The number of aryl methyl sites for hydroxylation is 1. The van der Waals surface area contributed by atoms with Crippen LogP contribution in [0.2, 0.25) is 0 Å². The predicted octanol–water partition coefficient (Wildman–Crippen LogP) is 2.80. The van der Waals surface area contributed by atoms with Gasteiger partial charge in [-0.3, -0.25) is 4.98 Å². The number of hydrogen-bond donors (Lipinski definition) is 0. The summed E-state index contributed by atoms with van der Waals surface area (Å²) in [5, 5.41) is 0. The van der Waals surface area contributed by atoms with Crippen molar-refractivity contribution in [1.82, 2.24) is 4.98 Å². The molecule has 0 aliphatic rings. The Morgan fingerprint density at radius 1 is 1.42 bits per heavy atom. The van der Waals surface area contributed by atoms with Crippen molar-refractivity contribution >= 4 is 0 Å². The minimum absolute atomic E-state index is 0.132. The van der Waals surface area contributed by atoms with E-state index in [9.17, 15) is 13.2 Å². The fourth-order valence-corrected chi connectivity index (χ4v) is 0.929. The Kier molecular flexibility index (Phi) is 2.68. The first-order valence-corrected chi connectivity index (χ1v) is 3.45. The molecule has 0 saturated carbocycles. The molecule has 12 heavy (non-hydrogen) atoms. The van der Waals surface area contributed by atoms with Gasteiger partial charge >= 0.3 is 0 Å². The highest BCUT2D eigenvalue weighted by atomic mass is 19.3. The molecule has 0 atom stereocenters. The predicted molar refractivity (Wildman–Crippen MR) is 38.7 cm³/mol. The number of hydrogen-bond acceptors (Lipinski definition) is 1. The van der Waals surface area contributed by atoms with Crippen LogP contribution in [0, 0.1) is 6.92 Å². The summed E-state index contributed by atoms with van der Waals surface area (Å²) in [4.78, 5) is 3.66. The summed E-state index contributed by atoms with van der Waals surface area (Å²) < 4.78 is 36.2. The summed E-state index contributed by atoms with van der Waals surface area (Å²) in [6.07, 6.45) is -2.54. The van der Waals surface area contributed by atoms with Gasteiger partial charge < -0.3 is 0 Å². The Balaban J connectivity index is 3.03. The van der Waals surface area contributed by atoms with Gasteiger partial charge in [0.2, 0.25) is 0 Å². The molecule has 1 heterocycles.